The molecule has 0 amide bonds. The molecule has 0 saturated carbocycles. The number of imidazole rings is 1. The van der Waals surface area contributed by atoms with E-state index in [1.165, 1.54) is 0 Å². The highest BCUT2D eigenvalue weighted by molar-refractivity contribution is 7.89. The van der Waals surface area contributed by atoms with E-state index in [0.29, 0.717) is 18.9 Å². The van der Waals surface area contributed by atoms with Gasteiger partial charge in [0.2, 0.25) is 10.0 Å². The summed E-state index contributed by atoms with van der Waals surface area (Å²) < 4.78 is 33.1. The number of rotatable bonds is 5. The highest BCUT2D eigenvalue weighted by atomic mass is 32.2. The molecular weight excluding hydrogens is 290 g/mol. The van der Waals surface area contributed by atoms with Crippen LogP contribution in [0.4, 0.5) is 0 Å². The summed E-state index contributed by atoms with van der Waals surface area (Å²) in [4.78, 5) is 7.33. The molecule has 1 aliphatic heterocycles. The molecular formula is C14H17N3O3S. The lowest BCUT2D eigenvalue weighted by atomic mass is 10.2. The summed E-state index contributed by atoms with van der Waals surface area (Å²) in [5, 5.41) is 0. The van der Waals surface area contributed by atoms with Crippen molar-refractivity contribution in [2.75, 3.05) is 6.61 Å². The molecule has 1 aliphatic rings. The molecule has 2 N–H and O–H groups in total. The van der Waals surface area contributed by atoms with Crippen LogP contribution in [0.25, 0.3) is 0 Å². The lowest BCUT2D eigenvalue weighted by Crippen LogP contribution is -2.29. The summed E-state index contributed by atoms with van der Waals surface area (Å²) in [7, 11) is -3.58. The number of sulfonamides is 1. The van der Waals surface area contributed by atoms with E-state index in [1.807, 2.05) is 6.92 Å². The molecule has 0 aliphatic carbocycles. The van der Waals surface area contributed by atoms with Gasteiger partial charge in [0.25, 0.3) is 0 Å². The predicted octanol–water partition coefficient (Wildman–Crippen LogP) is 1.77. The second-order valence-corrected chi connectivity index (χ2v) is 6.64. The average molecular weight is 307 g/mol. The molecule has 1 aromatic heterocycles. The first kappa shape index (κ1) is 14.1. The molecule has 0 saturated heterocycles. The number of hydrogen-bond acceptors (Lipinski definition) is 4. The first-order valence-electron chi connectivity index (χ1n) is 6.87. The largest absolute Gasteiger partial charge is 0.493 e. The summed E-state index contributed by atoms with van der Waals surface area (Å²) in [5.41, 5.74) is 0.934. The molecule has 0 bridgehead atoms. The summed E-state index contributed by atoms with van der Waals surface area (Å²) >= 11 is 0. The molecule has 21 heavy (non-hydrogen) atoms. The lowest BCUT2D eigenvalue weighted by Gasteiger charge is -2.15. The topological polar surface area (TPSA) is 84.1 Å². The minimum absolute atomic E-state index is 0.261. The maximum atomic E-state index is 12.5. The molecule has 7 heteroatoms. The van der Waals surface area contributed by atoms with Gasteiger partial charge < -0.3 is 9.72 Å². The summed E-state index contributed by atoms with van der Waals surface area (Å²) in [6.45, 7) is 2.52. The molecule has 0 fully saturated rings. The van der Waals surface area contributed by atoms with Crippen LogP contribution < -0.4 is 9.46 Å². The van der Waals surface area contributed by atoms with E-state index < -0.39 is 10.0 Å². The van der Waals surface area contributed by atoms with E-state index in [9.17, 15) is 8.42 Å². The molecule has 3 rings (SSSR count). The number of ether oxygens (including phenoxy) is 1. The van der Waals surface area contributed by atoms with E-state index in [-0.39, 0.29) is 10.9 Å². The summed E-state index contributed by atoms with van der Waals surface area (Å²) in [6.07, 6.45) is 4.65. The second-order valence-electron chi connectivity index (χ2n) is 4.92. The Morgan fingerprint density at radius 2 is 2.33 bits per heavy atom. The average Bonchev–Trinajstić information content (AvgIpc) is 3.14. The Kier molecular flexibility index (Phi) is 3.69. The Labute approximate surface area is 123 Å². The van der Waals surface area contributed by atoms with Crippen LogP contribution in [-0.2, 0) is 16.4 Å². The van der Waals surface area contributed by atoms with Gasteiger partial charge in [0, 0.05) is 18.8 Å². The quantitative estimate of drug-likeness (QED) is 0.882. The van der Waals surface area contributed by atoms with E-state index >= 15 is 0 Å². The predicted molar refractivity (Wildman–Crippen MR) is 77.6 cm³/mol. The van der Waals surface area contributed by atoms with Gasteiger partial charge in [-0.2, -0.15) is 0 Å². The molecule has 1 atom stereocenters. The van der Waals surface area contributed by atoms with Crippen molar-refractivity contribution in [1.82, 2.24) is 14.7 Å². The zero-order chi connectivity index (χ0) is 14.9. The maximum Gasteiger partial charge on any atom is 0.241 e. The Morgan fingerprint density at radius 3 is 3.05 bits per heavy atom. The second kappa shape index (κ2) is 5.50. The van der Waals surface area contributed by atoms with Crippen molar-refractivity contribution in [3.63, 3.8) is 0 Å². The van der Waals surface area contributed by atoms with Gasteiger partial charge in [0.15, 0.2) is 0 Å². The monoisotopic (exact) mass is 307 g/mol. The van der Waals surface area contributed by atoms with Gasteiger partial charge in [0.05, 0.1) is 17.5 Å². The molecule has 1 aromatic carbocycles. The van der Waals surface area contributed by atoms with Crippen molar-refractivity contribution in [3.8, 4) is 5.75 Å². The minimum atomic E-state index is -3.58. The normalized spacial score (nSPS) is 15.5. The highest BCUT2D eigenvalue weighted by Crippen LogP contribution is 2.28. The Balaban J connectivity index is 1.86. The van der Waals surface area contributed by atoms with Crippen LogP contribution in [0.5, 0.6) is 5.75 Å². The molecule has 0 radical (unpaired) electrons. The minimum Gasteiger partial charge on any atom is -0.493 e. The zero-order valence-corrected chi connectivity index (χ0v) is 12.5. The van der Waals surface area contributed by atoms with Crippen molar-refractivity contribution in [3.05, 3.63) is 42.0 Å². The lowest BCUT2D eigenvalue weighted by molar-refractivity contribution is 0.356. The number of nitrogens with zero attached hydrogens (tertiary/aromatic N) is 1. The third-order valence-electron chi connectivity index (χ3n) is 3.53. The van der Waals surface area contributed by atoms with Crippen LogP contribution >= 0.6 is 0 Å². The van der Waals surface area contributed by atoms with E-state index in [4.69, 9.17) is 4.74 Å². The molecule has 2 heterocycles. The van der Waals surface area contributed by atoms with E-state index in [1.54, 1.807) is 30.6 Å². The standard InChI is InChI=1S/C14H17N3O3S/c1-2-12(14-15-6-7-16-14)17-21(18,19)11-3-4-13-10(9-11)5-8-20-13/h3-4,6-7,9,12,17H,2,5,8H2,1H3,(H,15,16). The Morgan fingerprint density at radius 1 is 1.48 bits per heavy atom. The van der Waals surface area contributed by atoms with Crippen LogP contribution in [0.3, 0.4) is 0 Å². The number of fused-ring (bicyclic) bond motifs is 1. The van der Waals surface area contributed by atoms with Gasteiger partial charge in [-0.15, -0.1) is 0 Å². The van der Waals surface area contributed by atoms with Crippen LogP contribution in [0, 0.1) is 0 Å². The van der Waals surface area contributed by atoms with Gasteiger partial charge >= 0.3 is 0 Å². The van der Waals surface area contributed by atoms with Crippen molar-refractivity contribution in [2.24, 2.45) is 0 Å². The van der Waals surface area contributed by atoms with Gasteiger partial charge in [0.1, 0.15) is 11.6 Å². The summed E-state index contributed by atoms with van der Waals surface area (Å²) in [6, 6.07) is 4.60. The van der Waals surface area contributed by atoms with Crippen molar-refractivity contribution < 1.29 is 13.2 Å². The number of nitrogens with one attached hydrogen (secondary N) is 2. The number of H-pyrrole nitrogens is 1. The van der Waals surface area contributed by atoms with Gasteiger partial charge in [-0.05, 0) is 30.2 Å². The molecule has 0 spiro atoms. The molecule has 1 unspecified atom stereocenters. The Hall–Kier alpha value is -1.86. The molecule has 2 aromatic rings. The van der Waals surface area contributed by atoms with Crippen LogP contribution in [0.1, 0.15) is 30.8 Å². The van der Waals surface area contributed by atoms with Gasteiger partial charge in [-0.3, -0.25) is 0 Å². The van der Waals surface area contributed by atoms with Crippen LogP contribution in [0.2, 0.25) is 0 Å². The fourth-order valence-electron chi connectivity index (χ4n) is 2.39. The third kappa shape index (κ3) is 2.79. The third-order valence-corrected chi connectivity index (χ3v) is 5.00. The van der Waals surface area contributed by atoms with Crippen LogP contribution in [-0.4, -0.2) is 25.0 Å². The van der Waals surface area contributed by atoms with Crippen LogP contribution in [0.15, 0.2) is 35.5 Å². The number of aromatic amines is 1. The summed E-state index contributed by atoms with van der Waals surface area (Å²) in [5.74, 6) is 1.39. The van der Waals surface area contributed by atoms with Gasteiger partial charge in [-0.25, -0.2) is 18.1 Å². The first-order chi connectivity index (χ1) is 10.1. The first-order valence-corrected chi connectivity index (χ1v) is 8.36. The fourth-order valence-corrected chi connectivity index (χ4v) is 3.72. The number of benzene rings is 1. The molecule has 112 valence electrons. The van der Waals surface area contributed by atoms with Gasteiger partial charge in [-0.1, -0.05) is 6.92 Å². The SMILES string of the molecule is CCC(NS(=O)(=O)c1ccc2c(c1)CCO2)c1ncc[nH]1. The molecule has 6 nitrogen and oxygen atoms in total. The van der Waals surface area contributed by atoms with Crippen molar-refractivity contribution in [2.45, 2.75) is 30.7 Å². The van der Waals surface area contributed by atoms with Crippen molar-refractivity contribution >= 4 is 10.0 Å². The highest BCUT2D eigenvalue weighted by Gasteiger charge is 2.23. The van der Waals surface area contributed by atoms with E-state index in [0.717, 1.165) is 17.7 Å². The van der Waals surface area contributed by atoms with Crippen molar-refractivity contribution in [1.29, 1.82) is 0 Å². The number of hydrogen-bond donors (Lipinski definition) is 2. The maximum absolute atomic E-state index is 12.5. The fraction of sp³-hybridized carbons (Fsp3) is 0.357. The smallest absolute Gasteiger partial charge is 0.241 e. The zero-order valence-electron chi connectivity index (χ0n) is 11.7. The Bertz CT molecular complexity index is 726. The number of aromatic nitrogens is 2. The van der Waals surface area contributed by atoms with E-state index in [2.05, 4.69) is 14.7 Å².